The monoisotopic (exact) mass is 136 g/mol. The van der Waals surface area contributed by atoms with Gasteiger partial charge in [-0.05, 0) is 0 Å². The van der Waals surface area contributed by atoms with E-state index in [-0.39, 0.29) is 6.61 Å². The van der Waals surface area contributed by atoms with E-state index < -0.39 is 24.9 Å². The second-order valence-electron chi connectivity index (χ2n) is 1.86. The van der Waals surface area contributed by atoms with Crippen molar-refractivity contribution < 1.29 is 22.8 Å². The average Bonchev–Trinajstić information content (AvgIpc) is 1.95. The van der Waals surface area contributed by atoms with E-state index in [1.807, 2.05) is 0 Å². The van der Waals surface area contributed by atoms with Crippen molar-refractivity contribution in [3.63, 3.8) is 0 Å². The lowest BCUT2D eigenvalue weighted by atomic mass is 10.1. The Morgan fingerprint density at radius 3 is 2.56 bits per heavy atom. The maximum atomic E-state index is 9.01. The summed E-state index contributed by atoms with van der Waals surface area (Å²) < 4.78 is 18.5. The molecule has 1 rings (SSSR count). The predicted octanol–water partition coefficient (Wildman–Crippen LogP) is -1.55. The highest BCUT2D eigenvalue weighted by Crippen LogP contribution is 2.11. The number of aliphatic hydroxyl groups excluding tert-OH is 3. The zero-order valence-corrected chi connectivity index (χ0v) is 4.69. The van der Waals surface area contributed by atoms with E-state index in [2.05, 4.69) is 4.74 Å². The Bertz CT molecular complexity index is 151. The topological polar surface area (TPSA) is 69.9 Å². The van der Waals surface area contributed by atoms with Gasteiger partial charge in [0, 0.05) is 9.11 Å². The maximum absolute atomic E-state index is 9.01. The molecule has 0 radical (unpaired) electrons. The fraction of sp³-hybridized carbons (Fsp3) is 1.00. The highest BCUT2D eigenvalue weighted by atomic mass is 16.6. The van der Waals surface area contributed by atoms with Crippen LogP contribution in [0.15, 0.2) is 0 Å². The summed E-state index contributed by atoms with van der Waals surface area (Å²) in [6, 6.07) is 0. The summed E-state index contributed by atoms with van der Waals surface area (Å²) in [6.45, 7) is -0.248. The second kappa shape index (κ2) is 2.62. The van der Waals surface area contributed by atoms with Gasteiger partial charge in [-0.2, -0.15) is 0 Å². The van der Waals surface area contributed by atoms with E-state index in [0.717, 1.165) is 0 Å². The molecule has 3 atom stereocenters. The van der Waals surface area contributed by atoms with Gasteiger partial charge in [0.1, 0.15) is 6.10 Å². The molecule has 1 heterocycles. The van der Waals surface area contributed by atoms with Crippen LogP contribution in [-0.4, -0.2) is 40.4 Å². The van der Waals surface area contributed by atoms with E-state index in [9.17, 15) is 0 Å². The van der Waals surface area contributed by atoms with E-state index in [4.69, 9.17) is 18.1 Å². The van der Waals surface area contributed by atoms with Gasteiger partial charge in [0.25, 0.3) is 0 Å². The van der Waals surface area contributed by atoms with Crippen molar-refractivity contribution >= 4 is 0 Å². The van der Waals surface area contributed by atoms with Crippen LogP contribution in [0.5, 0.6) is 0 Å². The summed E-state index contributed by atoms with van der Waals surface area (Å²) in [5, 5.41) is 26.8. The number of aliphatic hydroxyl groups is 3. The Morgan fingerprint density at radius 2 is 2.00 bits per heavy atom. The normalized spacial score (nSPS) is 53.9. The van der Waals surface area contributed by atoms with Crippen molar-refractivity contribution in [3.8, 4) is 0 Å². The lowest BCUT2D eigenvalue weighted by Gasteiger charge is -2.26. The van der Waals surface area contributed by atoms with Crippen molar-refractivity contribution in [2.75, 3.05) is 6.61 Å². The molecule has 3 N–H and O–H groups in total. The van der Waals surface area contributed by atoms with Crippen LogP contribution < -0.4 is 0 Å². The van der Waals surface area contributed by atoms with Gasteiger partial charge in [-0.3, -0.25) is 0 Å². The lowest BCUT2D eigenvalue weighted by Crippen LogP contribution is -2.40. The SMILES string of the molecule is [2H]C1([2H])C(O)OC[C@@H](O)[C@H]1O. The standard InChI is InChI=1S/C5H10O4/c6-3-1-5(8)9-2-4(3)7/h3-8H,1-2H2/t3-,4+,5?/m0/s1/i1D2. The van der Waals surface area contributed by atoms with Gasteiger partial charge < -0.3 is 20.1 Å². The van der Waals surface area contributed by atoms with Gasteiger partial charge in [0.2, 0.25) is 0 Å². The van der Waals surface area contributed by atoms with Crippen molar-refractivity contribution in [1.82, 2.24) is 0 Å². The summed E-state index contributed by atoms with van der Waals surface area (Å²) in [5.41, 5.74) is 0. The Kier molecular flexibility index (Phi) is 1.34. The van der Waals surface area contributed by atoms with Gasteiger partial charge >= 0.3 is 0 Å². The smallest absolute Gasteiger partial charge is 0.157 e. The molecule has 0 aromatic carbocycles. The average molecular weight is 136 g/mol. The largest absolute Gasteiger partial charge is 0.390 e. The highest BCUT2D eigenvalue weighted by Gasteiger charge is 2.26. The summed E-state index contributed by atoms with van der Waals surface area (Å²) in [6.07, 6.45) is -6.82. The fourth-order valence-electron chi connectivity index (χ4n) is 0.586. The summed E-state index contributed by atoms with van der Waals surface area (Å²) in [4.78, 5) is 0. The molecule has 1 unspecified atom stereocenters. The molecule has 4 heteroatoms. The molecule has 0 saturated carbocycles. The third-order valence-electron chi connectivity index (χ3n) is 1.10. The van der Waals surface area contributed by atoms with E-state index in [1.165, 1.54) is 0 Å². The van der Waals surface area contributed by atoms with Crippen molar-refractivity contribution in [2.45, 2.75) is 24.9 Å². The number of ether oxygens (including phenoxy) is 1. The molecule has 0 aromatic rings. The van der Waals surface area contributed by atoms with Crippen LogP contribution >= 0.6 is 0 Å². The molecule has 0 amide bonds. The first-order chi connectivity index (χ1) is 4.96. The number of rotatable bonds is 0. The molecule has 1 saturated heterocycles. The zero-order chi connectivity index (χ0) is 8.65. The quantitative estimate of drug-likeness (QED) is 0.377. The maximum Gasteiger partial charge on any atom is 0.157 e. The van der Waals surface area contributed by atoms with Crippen LogP contribution in [0.4, 0.5) is 0 Å². The Hall–Kier alpha value is -0.160. The zero-order valence-electron chi connectivity index (χ0n) is 6.69. The minimum Gasteiger partial charge on any atom is -0.390 e. The van der Waals surface area contributed by atoms with E-state index >= 15 is 0 Å². The molecule has 1 fully saturated rings. The van der Waals surface area contributed by atoms with Crippen LogP contribution in [0.1, 0.15) is 9.11 Å². The Balaban J connectivity index is 2.72. The Morgan fingerprint density at radius 1 is 1.33 bits per heavy atom. The van der Waals surface area contributed by atoms with Crippen LogP contribution in [0.2, 0.25) is 0 Å². The molecule has 1 aliphatic heterocycles. The van der Waals surface area contributed by atoms with Crippen LogP contribution in [-0.2, 0) is 4.74 Å². The van der Waals surface area contributed by atoms with Crippen molar-refractivity contribution in [3.05, 3.63) is 0 Å². The molecule has 4 nitrogen and oxygen atoms in total. The van der Waals surface area contributed by atoms with Gasteiger partial charge in [0.05, 0.1) is 12.7 Å². The third kappa shape index (κ3) is 1.62. The first-order valence-corrected chi connectivity index (χ1v) is 2.62. The molecule has 1 aliphatic rings. The van der Waals surface area contributed by atoms with E-state index in [0.29, 0.717) is 0 Å². The van der Waals surface area contributed by atoms with Crippen molar-refractivity contribution in [1.29, 1.82) is 0 Å². The minimum atomic E-state index is -2.29. The first-order valence-electron chi connectivity index (χ1n) is 3.62. The molecule has 9 heavy (non-hydrogen) atoms. The lowest BCUT2D eigenvalue weighted by molar-refractivity contribution is -0.193. The second-order valence-corrected chi connectivity index (χ2v) is 1.86. The molecular formula is C5H10O4. The van der Waals surface area contributed by atoms with Crippen molar-refractivity contribution in [2.24, 2.45) is 0 Å². The summed E-state index contributed by atoms with van der Waals surface area (Å²) in [7, 11) is 0. The van der Waals surface area contributed by atoms with Gasteiger partial charge in [-0.1, -0.05) is 0 Å². The predicted molar refractivity (Wildman–Crippen MR) is 28.6 cm³/mol. The van der Waals surface area contributed by atoms with Gasteiger partial charge in [0.15, 0.2) is 6.29 Å². The van der Waals surface area contributed by atoms with Crippen LogP contribution in [0, 0.1) is 0 Å². The number of hydrogen-bond acceptors (Lipinski definition) is 4. The van der Waals surface area contributed by atoms with Crippen LogP contribution in [0.25, 0.3) is 0 Å². The van der Waals surface area contributed by atoms with Gasteiger partial charge in [-0.25, -0.2) is 0 Å². The molecule has 0 bridgehead atoms. The first kappa shape index (κ1) is 4.62. The minimum absolute atomic E-state index is 0.248. The fourth-order valence-corrected chi connectivity index (χ4v) is 0.586. The number of hydrogen-bond donors (Lipinski definition) is 3. The molecule has 0 aliphatic carbocycles. The third-order valence-corrected chi connectivity index (χ3v) is 1.10. The van der Waals surface area contributed by atoms with Gasteiger partial charge in [-0.15, -0.1) is 0 Å². The van der Waals surface area contributed by atoms with E-state index in [1.54, 1.807) is 0 Å². The molecule has 0 aromatic heterocycles. The molecule has 0 spiro atoms. The highest BCUT2D eigenvalue weighted by molar-refractivity contribution is 4.72. The molecule has 54 valence electrons. The van der Waals surface area contributed by atoms with Crippen LogP contribution in [0.3, 0.4) is 0 Å². The summed E-state index contributed by atoms with van der Waals surface area (Å²) in [5.74, 6) is 0. The summed E-state index contributed by atoms with van der Waals surface area (Å²) >= 11 is 0. The Labute approximate surface area is 55.5 Å². The molecular weight excluding hydrogens is 124 g/mol.